The summed E-state index contributed by atoms with van der Waals surface area (Å²) < 4.78 is 6.68. The van der Waals surface area contributed by atoms with Crippen molar-refractivity contribution in [2.75, 3.05) is 25.7 Å². The highest BCUT2D eigenvalue weighted by atomic mass is 32.2. The minimum atomic E-state index is -0.694. The van der Waals surface area contributed by atoms with Gasteiger partial charge in [0.15, 0.2) is 8.68 Å². The number of rotatable bonds is 8. The summed E-state index contributed by atoms with van der Waals surface area (Å²) in [7, 11) is 1.41. The molecule has 0 aliphatic carbocycles. The van der Waals surface area contributed by atoms with E-state index in [2.05, 4.69) is 22.4 Å². The SMILES string of the molecule is CCCNC(C)(CSc1nnc(SC)s1)C(=O)OC. The molecule has 1 aromatic rings. The number of nitrogens with one attached hydrogen (secondary N) is 1. The van der Waals surface area contributed by atoms with Gasteiger partial charge in [0, 0.05) is 5.75 Å². The zero-order chi connectivity index (χ0) is 14.3. The number of thioether (sulfide) groups is 2. The van der Waals surface area contributed by atoms with Gasteiger partial charge in [0.05, 0.1) is 7.11 Å². The van der Waals surface area contributed by atoms with Crippen LogP contribution in [0.1, 0.15) is 20.3 Å². The zero-order valence-electron chi connectivity index (χ0n) is 11.6. The minimum absolute atomic E-state index is 0.247. The summed E-state index contributed by atoms with van der Waals surface area (Å²) in [5, 5.41) is 11.4. The molecule has 0 saturated heterocycles. The lowest BCUT2D eigenvalue weighted by molar-refractivity contribution is -0.146. The fraction of sp³-hybridized carbons (Fsp3) is 0.727. The van der Waals surface area contributed by atoms with Gasteiger partial charge in [-0.25, -0.2) is 0 Å². The van der Waals surface area contributed by atoms with Crippen molar-refractivity contribution in [2.45, 2.75) is 34.5 Å². The molecule has 1 N–H and O–H groups in total. The second kappa shape index (κ2) is 8.08. The number of hydrogen-bond donors (Lipinski definition) is 1. The van der Waals surface area contributed by atoms with E-state index in [1.54, 1.807) is 23.1 Å². The molecule has 1 aromatic heterocycles. The third kappa shape index (κ3) is 4.94. The zero-order valence-corrected chi connectivity index (χ0v) is 14.0. The van der Waals surface area contributed by atoms with Crippen molar-refractivity contribution in [3.8, 4) is 0 Å². The Bertz CT molecular complexity index is 414. The molecule has 108 valence electrons. The summed E-state index contributed by atoms with van der Waals surface area (Å²) in [6, 6.07) is 0. The van der Waals surface area contributed by atoms with E-state index in [0.29, 0.717) is 5.75 Å². The van der Waals surface area contributed by atoms with Gasteiger partial charge in [-0.15, -0.1) is 10.2 Å². The number of methoxy groups -OCH3 is 1. The van der Waals surface area contributed by atoms with Gasteiger partial charge in [-0.2, -0.15) is 0 Å². The first-order valence-corrected chi connectivity index (χ1v) is 8.92. The van der Waals surface area contributed by atoms with Gasteiger partial charge in [-0.05, 0) is 26.1 Å². The fourth-order valence-corrected chi connectivity index (χ4v) is 3.90. The van der Waals surface area contributed by atoms with Crippen molar-refractivity contribution in [3.05, 3.63) is 0 Å². The van der Waals surface area contributed by atoms with Crippen LogP contribution in [0.5, 0.6) is 0 Å². The van der Waals surface area contributed by atoms with Gasteiger partial charge >= 0.3 is 5.97 Å². The van der Waals surface area contributed by atoms with Gasteiger partial charge in [-0.1, -0.05) is 41.8 Å². The molecule has 0 aliphatic heterocycles. The lowest BCUT2D eigenvalue weighted by Crippen LogP contribution is -2.52. The average Bonchev–Trinajstić information content (AvgIpc) is 2.90. The Balaban J connectivity index is 2.64. The molecule has 0 radical (unpaired) electrons. The van der Waals surface area contributed by atoms with Crippen LogP contribution in [0.15, 0.2) is 8.68 Å². The Hall–Kier alpha value is -0.310. The maximum Gasteiger partial charge on any atom is 0.326 e. The average molecular weight is 321 g/mol. The normalized spacial score (nSPS) is 14.1. The van der Waals surface area contributed by atoms with Gasteiger partial charge in [-0.3, -0.25) is 4.79 Å². The molecule has 1 heterocycles. The van der Waals surface area contributed by atoms with E-state index in [4.69, 9.17) is 4.74 Å². The monoisotopic (exact) mass is 321 g/mol. The van der Waals surface area contributed by atoms with E-state index in [1.165, 1.54) is 18.9 Å². The number of hydrogen-bond acceptors (Lipinski definition) is 8. The summed E-state index contributed by atoms with van der Waals surface area (Å²) in [6.45, 7) is 4.70. The van der Waals surface area contributed by atoms with Gasteiger partial charge in [0.2, 0.25) is 0 Å². The number of aromatic nitrogens is 2. The maximum atomic E-state index is 11.9. The molecule has 0 saturated carbocycles. The molecule has 19 heavy (non-hydrogen) atoms. The van der Waals surface area contributed by atoms with Crippen LogP contribution in [-0.2, 0) is 9.53 Å². The van der Waals surface area contributed by atoms with E-state index >= 15 is 0 Å². The number of carbonyl (C=O) groups excluding carboxylic acids is 1. The van der Waals surface area contributed by atoms with Gasteiger partial charge in [0.1, 0.15) is 5.54 Å². The smallest absolute Gasteiger partial charge is 0.326 e. The van der Waals surface area contributed by atoms with Crippen LogP contribution in [-0.4, -0.2) is 47.4 Å². The summed E-state index contributed by atoms with van der Waals surface area (Å²) in [5.74, 6) is 0.325. The molecule has 0 bridgehead atoms. The van der Waals surface area contributed by atoms with Crippen LogP contribution >= 0.6 is 34.9 Å². The Morgan fingerprint density at radius 3 is 2.68 bits per heavy atom. The van der Waals surface area contributed by atoms with Crippen LogP contribution in [0.2, 0.25) is 0 Å². The largest absolute Gasteiger partial charge is 0.468 e. The molecule has 0 amide bonds. The molecule has 5 nitrogen and oxygen atoms in total. The topological polar surface area (TPSA) is 64.1 Å². The second-order valence-corrected chi connectivity index (χ2v) is 7.33. The number of esters is 1. The summed E-state index contributed by atoms with van der Waals surface area (Å²) in [4.78, 5) is 11.9. The van der Waals surface area contributed by atoms with Gasteiger partial charge < -0.3 is 10.1 Å². The van der Waals surface area contributed by atoms with Gasteiger partial charge in [0.25, 0.3) is 0 Å². The highest BCUT2D eigenvalue weighted by Crippen LogP contribution is 2.29. The van der Waals surface area contributed by atoms with E-state index in [0.717, 1.165) is 21.6 Å². The van der Waals surface area contributed by atoms with Crippen LogP contribution in [0.4, 0.5) is 0 Å². The quantitative estimate of drug-likeness (QED) is 0.582. The predicted molar refractivity (Wildman–Crippen MR) is 81.1 cm³/mol. The van der Waals surface area contributed by atoms with E-state index in [9.17, 15) is 4.79 Å². The molecule has 1 atom stereocenters. The predicted octanol–water partition coefficient (Wildman–Crippen LogP) is 2.28. The lowest BCUT2D eigenvalue weighted by Gasteiger charge is -2.27. The van der Waals surface area contributed by atoms with Crippen molar-refractivity contribution in [1.82, 2.24) is 15.5 Å². The van der Waals surface area contributed by atoms with E-state index < -0.39 is 5.54 Å². The molecule has 0 aliphatic rings. The van der Waals surface area contributed by atoms with Crippen molar-refractivity contribution in [1.29, 1.82) is 0 Å². The first-order valence-electron chi connectivity index (χ1n) is 5.89. The summed E-state index contributed by atoms with van der Waals surface area (Å²) in [5.41, 5.74) is -0.694. The summed E-state index contributed by atoms with van der Waals surface area (Å²) in [6.07, 6.45) is 2.93. The van der Waals surface area contributed by atoms with Crippen LogP contribution in [0.3, 0.4) is 0 Å². The standard InChI is InChI=1S/C11H19N3O2S3/c1-5-6-12-11(2,8(15)16-3)7-18-10-14-13-9(17-4)19-10/h12H,5-7H2,1-4H3. The molecule has 0 spiro atoms. The van der Waals surface area contributed by atoms with Crippen LogP contribution in [0, 0.1) is 0 Å². The van der Waals surface area contributed by atoms with Crippen LogP contribution < -0.4 is 5.32 Å². The molecular weight excluding hydrogens is 302 g/mol. The number of carbonyl (C=O) groups is 1. The van der Waals surface area contributed by atoms with Crippen molar-refractivity contribution >= 4 is 40.8 Å². The molecule has 0 fully saturated rings. The highest BCUT2D eigenvalue weighted by molar-refractivity contribution is 8.03. The Morgan fingerprint density at radius 1 is 1.47 bits per heavy atom. The van der Waals surface area contributed by atoms with E-state index in [1.807, 2.05) is 13.2 Å². The third-order valence-electron chi connectivity index (χ3n) is 2.45. The Morgan fingerprint density at radius 2 is 2.16 bits per heavy atom. The maximum absolute atomic E-state index is 11.9. The van der Waals surface area contributed by atoms with Crippen molar-refractivity contribution in [3.63, 3.8) is 0 Å². The Labute approximate surface area is 126 Å². The lowest BCUT2D eigenvalue weighted by atomic mass is 10.1. The molecular formula is C11H19N3O2S3. The van der Waals surface area contributed by atoms with Crippen LogP contribution in [0.25, 0.3) is 0 Å². The van der Waals surface area contributed by atoms with Crippen molar-refractivity contribution in [2.24, 2.45) is 0 Å². The first kappa shape index (κ1) is 16.7. The van der Waals surface area contributed by atoms with E-state index in [-0.39, 0.29) is 5.97 Å². The number of ether oxygens (including phenoxy) is 1. The Kier molecular flexibility index (Phi) is 7.12. The first-order chi connectivity index (χ1) is 9.05. The minimum Gasteiger partial charge on any atom is -0.468 e. The highest BCUT2D eigenvalue weighted by Gasteiger charge is 2.34. The van der Waals surface area contributed by atoms with Crippen molar-refractivity contribution < 1.29 is 9.53 Å². The summed E-state index contributed by atoms with van der Waals surface area (Å²) >= 11 is 4.64. The number of nitrogens with zero attached hydrogens (tertiary/aromatic N) is 2. The molecule has 8 heteroatoms. The molecule has 1 unspecified atom stereocenters. The third-order valence-corrected chi connectivity index (χ3v) is 5.80. The molecule has 1 rings (SSSR count). The second-order valence-electron chi connectivity index (χ2n) is 4.08. The molecule has 0 aromatic carbocycles. The fourth-order valence-electron chi connectivity index (χ4n) is 1.35.